The number of carbonyl (C=O) groups excluding carboxylic acids is 2. The summed E-state index contributed by atoms with van der Waals surface area (Å²) in [7, 11) is 0. The normalized spacial score (nSPS) is 16.2. The topological polar surface area (TPSA) is 86.9 Å². The van der Waals surface area contributed by atoms with Crippen molar-refractivity contribution >= 4 is 28.5 Å². The van der Waals surface area contributed by atoms with Crippen LogP contribution in [-0.4, -0.2) is 21.8 Å². The van der Waals surface area contributed by atoms with Crippen LogP contribution in [0, 0.1) is 5.92 Å². The molecule has 6 nitrogen and oxygen atoms in total. The number of aromatic nitrogens is 2. The minimum Gasteiger partial charge on any atom is -0.345 e. The molecule has 3 N–H and O–H groups in total. The van der Waals surface area contributed by atoms with Crippen molar-refractivity contribution in [1.82, 2.24) is 15.3 Å². The number of amides is 2. The average molecular weight is 425 g/mol. The minimum atomic E-state index is -0.280. The Morgan fingerprint density at radius 1 is 1.03 bits per heavy atom. The number of fused-ring (bicyclic) bond motifs is 2. The molecule has 3 aromatic carbocycles. The van der Waals surface area contributed by atoms with Crippen molar-refractivity contribution in [2.24, 2.45) is 5.92 Å². The van der Waals surface area contributed by atoms with Gasteiger partial charge in [0.2, 0.25) is 11.8 Å². The van der Waals surface area contributed by atoms with Gasteiger partial charge in [-0.1, -0.05) is 54.6 Å². The Morgan fingerprint density at radius 3 is 2.72 bits per heavy atom. The highest BCUT2D eigenvalue weighted by atomic mass is 16.2. The zero-order chi connectivity index (χ0) is 21.9. The number of rotatable bonds is 6. The minimum absolute atomic E-state index is 0.0131. The van der Waals surface area contributed by atoms with Gasteiger partial charge in [-0.25, -0.2) is 4.98 Å². The molecule has 2 heterocycles. The van der Waals surface area contributed by atoms with Crippen molar-refractivity contribution in [1.29, 1.82) is 0 Å². The van der Waals surface area contributed by atoms with E-state index in [2.05, 4.69) is 20.6 Å². The molecule has 2 amide bonds. The number of imidazole rings is 1. The van der Waals surface area contributed by atoms with Crippen LogP contribution < -0.4 is 10.6 Å². The van der Waals surface area contributed by atoms with E-state index in [1.54, 1.807) is 6.33 Å². The van der Waals surface area contributed by atoms with Crippen LogP contribution in [0.2, 0.25) is 0 Å². The highest BCUT2D eigenvalue weighted by Crippen LogP contribution is 2.28. The van der Waals surface area contributed by atoms with Crippen LogP contribution in [-0.2, 0) is 16.0 Å². The second-order valence-corrected chi connectivity index (χ2v) is 8.18. The third kappa shape index (κ3) is 4.12. The van der Waals surface area contributed by atoms with Gasteiger partial charge in [0.1, 0.15) is 0 Å². The maximum absolute atomic E-state index is 12.9. The molecule has 160 valence electrons. The van der Waals surface area contributed by atoms with E-state index in [0.717, 1.165) is 33.4 Å². The number of nitrogens with one attached hydrogen (secondary N) is 3. The largest absolute Gasteiger partial charge is 0.345 e. The van der Waals surface area contributed by atoms with Gasteiger partial charge in [-0.2, -0.15) is 0 Å². The van der Waals surface area contributed by atoms with Crippen molar-refractivity contribution in [3.8, 4) is 0 Å². The van der Waals surface area contributed by atoms with E-state index in [4.69, 9.17) is 0 Å². The van der Waals surface area contributed by atoms with E-state index in [1.807, 2.05) is 72.8 Å². The number of anilines is 1. The Balaban J connectivity index is 1.30. The van der Waals surface area contributed by atoms with Crippen molar-refractivity contribution in [3.63, 3.8) is 0 Å². The molecular weight excluding hydrogens is 400 g/mol. The Bertz CT molecular complexity index is 1270. The summed E-state index contributed by atoms with van der Waals surface area (Å²) in [5.41, 5.74) is 5.78. The summed E-state index contributed by atoms with van der Waals surface area (Å²) in [6.07, 6.45) is 3.12. The summed E-state index contributed by atoms with van der Waals surface area (Å²) in [5, 5.41) is 6.14. The van der Waals surface area contributed by atoms with Crippen LogP contribution in [0.5, 0.6) is 0 Å². The van der Waals surface area contributed by atoms with Crippen LogP contribution in [0.1, 0.15) is 35.6 Å². The highest BCUT2D eigenvalue weighted by Gasteiger charge is 2.27. The molecule has 0 unspecified atom stereocenters. The SMILES string of the molecule is O=C(CC[C@H]1Cc2ccccc2NC1=O)N[C@H](c1ccccc1)c1ccc2nc[nH]c2c1. The van der Waals surface area contributed by atoms with Crippen LogP contribution in [0.25, 0.3) is 11.0 Å². The summed E-state index contributed by atoms with van der Waals surface area (Å²) in [5.74, 6) is -0.289. The fourth-order valence-electron chi connectivity index (χ4n) is 4.32. The maximum Gasteiger partial charge on any atom is 0.227 e. The number of benzene rings is 3. The number of nitrogens with zero attached hydrogens (tertiary/aromatic N) is 1. The Morgan fingerprint density at radius 2 is 1.84 bits per heavy atom. The molecule has 1 aliphatic heterocycles. The summed E-state index contributed by atoms with van der Waals surface area (Å²) in [6, 6.07) is 23.4. The van der Waals surface area contributed by atoms with Gasteiger partial charge in [0.05, 0.1) is 23.4 Å². The molecule has 5 rings (SSSR count). The van der Waals surface area contributed by atoms with Gasteiger partial charge in [0, 0.05) is 18.0 Å². The summed E-state index contributed by atoms with van der Waals surface area (Å²) in [6.45, 7) is 0. The Kier molecular flexibility index (Phi) is 5.42. The van der Waals surface area contributed by atoms with Gasteiger partial charge in [-0.3, -0.25) is 9.59 Å². The van der Waals surface area contributed by atoms with Crippen molar-refractivity contribution in [3.05, 3.63) is 95.8 Å². The fraction of sp³-hybridized carbons (Fsp3) is 0.192. The lowest BCUT2D eigenvalue weighted by Gasteiger charge is -2.25. The smallest absolute Gasteiger partial charge is 0.227 e. The van der Waals surface area contributed by atoms with Crippen molar-refractivity contribution in [2.45, 2.75) is 25.3 Å². The first-order valence-electron chi connectivity index (χ1n) is 10.8. The molecule has 2 atom stereocenters. The Labute approximate surface area is 186 Å². The summed E-state index contributed by atoms with van der Waals surface area (Å²) < 4.78 is 0. The number of para-hydroxylation sites is 1. The van der Waals surface area contributed by atoms with Gasteiger partial charge >= 0.3 is 0 Å². The third-order valence-electron chi connectivity index (χ3n) is 6.05. The van der Waals surface area contributed by atoms with Crippen LogP contribution >= 0.6 is 0 Å². The van der Waals surface area contributed by atoms with E-state index in [9.17, 15) is 9.59 Å². The molecule has 1 aliphatic rings. The van der Waals surface area contributed by atoms with Crippen LogP contribution in [0.3, 0.4) is 0 Å². The molecule has 0 bridgehead atoms. The molecule has 0 saturated carbocycles. The van der Waals surface area contributed by atoms with E-state index >= 15 is 0 Å². The molecule has 0 radical (unpaired) electrons. The summed E-state index contributed by atoms with van der Waals surface area (Å²) >= 11 is 0. The van der Waals surface area contributed by atoms with Gasteiger partial charge in [-0.15, -0.1) is 0 Å². The zero-order valence-corrected chi connectivity index (χ0v) is 17.5. The average Bonchev–Trinajstić information content (AvgIpc) is 3.30. The van der Waals surface area contributed by atoms with E-state index in [1.165, 1.54) is 0 Å². The first kappa shape index (κ1) is 20.0. The molecule has 6 heteroatoms. The van der Waals surface area contributed by atoms with Crippen molar-refractivity contribution < 1.29 is 9.59 Å². The maximum atomic E-state index is 12.9. The fourth-order valence-corrected chi connectivity index (χ4v) is 4.32. The second-order valence-electron chi connectivity index (χ2n) is 8.18. The molecule has 4 aromatic rings. The molecule has 0 spiro atoms. The first-order valence-corrected chi connectivity index (χ1v) is 10.8. The van der Waals surface area contributed by atoms with Gasteiger partial charge in [0.15, 0.2) is 0 Å². The number of hydrogen-bond acceptors (Lipinski definition) is 3. The van der Waals surface area contributed by atoms with Crippen molar-refractivity contribution in [2.75, 3.05) is 5.32 Å². The number of hydrogen-bond donors (Lipinski definition) is 3. The standard InChI is InChI=1S/C26H24N4O2/c31-24(13-11-20-14-18-8-4-5-9-21(18)29-26(20)32)30-25(17-6-2-1-3-7-17)19-10-12-22-23(15-19)28-16-27-22/h1-10,12,15-16,20,25H,11,13-14H2,(H,27,28)(H,29,32)(H,30,31)/t20-,25+/m0/s1. The van der Waals surface area contributed by atoms with Crippen LogP contribution in [0.4, 0.5) is 5.69 Å². The lowest BCUT2D eigenvalue weighted by molar-refractivity contribution is -0.123. The van der Waals surface area contributed by atoms with E-state index < -0.39 is 0 Å². The third-order valence-corrected chi connectivity index (χ3v) is 6.05. The lowest BCUT2D eigenvalue weighted by atomic mass is 9.89. The highest BCUT2D eigenvalue weighted by molar-refractivity contribution is 5.96. The predicted octanol–water partition coefficient (Wildman–Crippen LogP) is 4.36. The van der Waals surface area contributed by atoms with E-state index in [0.29, 0.717) is 12.8 Å². The second kappa shape index (κ2) is 8.67. The van der Waals surface area contributed by atoms with Gasteiger partial charge in [-0.05, 0) is 47.7 Å². The number of aromatic amines is 1. The monoisotopic (exact) mass is 424 g/mol. The number of H-pyrrole nitrogens is 1. The van der Waals surface area contributed by atoms with Crippen LogP contribution in [0.15, 0.2) is 79.1 Å². The van der Waals surface area contributed by atoms with Gasteiger partial charge in [0.25, 0.3) is 0 Å². The lowest BCUT2D eigenvalue weighted by Crippen LogP contribution is -2.33. The van der Waals surface area contributed by atoms with E-state index in [-0.39, 0.29) is 30.2 Å². The molecule has 32 heavy (non-hydrogen) atoms. The Hall–Kier alpha value is -3.93. The molecule has 0 saturated heterocycles. The number of carbonyl (C=O) groups is 2. The molecule has 1 aromatic heterocycles. The van der Waals surface area contributed by atoms with Gasteiger partial charge < -0.3 is 15.6 Å². The summed E-state index contributed by atoms with van der Waals surface area (Å²) in [4.78, 5) is 32.8. The molecule has 0 fully saturated rings. The molecule has 0 aliphatic carbocycles. The molecular formula is C26H24N4O2. The quantitative estimate of drug-likeness (QED) is 0.430. The first-order chi connectivity index (χ1) is 15.7. The zero-order valence-electron chi connectivity index (χ0n) is 17.5. The predicted molar refractivity (Wildman–Crippen MR) is 124 cm³/mol.